The lowest BCUT2D eigenvalue weighted by Gasteiger charge is -2.16. The highest BCUT2D eigenvalue weighted by Crippen LogP contribution is 2.22. The number of nitrogens with one attached hydrogen (secondary N) is 1. The van der Waals surface area contributed by atoms with Crippen molar-refractivity contribution in [2.24, 2.45) is 0 Å². The molecule has 0 saturated heterocycles. The van der Waals surface area contributed by atoms with Crippen LogP contribution >= 0.6 is 11.3 Å². The maximum atomic E-state index is 3.62. The Morgan fingerprint density at radius 3 is 2.15 bits per heavy atom. The molecule has 1 aromatic rings. The van der Waals surface area contributed by atoms with Crippen molar-refractivity contribution < 1.29 is 0 Å². The summed E-state index contributed by atoms with van der Waals surface area (Å²) in [4.78, 5) is 0. The van der Waals surface area contributed by atoms with Gasteiger partial charge in [-0.3, -0.25) is 0 Å². The quantitative estimate of drug-likeness (QED) is 0.420. The maximum Gasteiger partial charge on any atom is 0.0328 e. The highest BCUT2D eigenvalue weighted by atomic mass is 32.1. The van der Waals surface area contributed by atoms with Gasteiger partial charge in [0.25, 0.3) is 0 Å². The molecule has 2 heteroatoms. The van der Waals surface area contributed by atoms with E-state index in [1.54, 1.807) is 0 Å². The largest absolute Gasteiger partial charge is 0.310 e. The first-order chi connectivity index (χ1) is 9.88. The van der Waals surface area contributed by atoms with Crippen LogP contribution in [0.3, 0.4) is 0 Å². The van der Waals surface area contributed by atoms with Gasteiger partial charge in [0.15, 0.2) is 0 Å². The van der Waals surface area contributed by atoms with Crippen LogP contribution in [0.5, 0.6) is 0 Å². The molecule has 1 N–H and O–H groups in total. The molecule has 0 aromatic carbocycles. The summed E-state index contributed by atoms with van der Waals surface area (Å²) in [6.45, 7) is 5.56. The number of unbranched alkanes of at least 4 members (excludes halogenated alkanes) is 8. The zero-order valence-electron chi connectivity index (χ0n) is 13.5. The van der Waals surface area contributed by atoms with Crippen molar-refractivity contribution in [3.05, 3.63) is 22.4 Å². The predicted octanol–water partition coefficient (Wildman–Crippen LogP) is 6.32. The zero-order valence-corrected chi connectivity index (χ0v) is 14.3. The Labute approximate surface area is 130 Å². The van der Waals surface area contributed by atoms with Crippen molar-refractivity contribution in [3.63, 3.8) is 0 Å². The summed E-state index contributed by atoms with van der Waals surface area (Å²) in [6, 6.07) is 2.85. The number of hydrogen-bond acceptors (Lipinski definition) is 2. The third-order valence-electron chi connectivity index (χ3n) is 3.99. The van der Waals surface area contributed by atoms with Gasteiger partial charge in [0, 0.05) is 6.04 Å². The Kier molecular flexibility index (Phi) is 11.0. The minimum absolute atomic E-state index is 0.579. The minimum atomic E-state index is 0.579. The fourth-order valence-corrected chi connectivity index (χ4v) is 3.48. The van der Waals surface area contributed by atoms with Gasteiger partial charge in [-0.1, -0.05) is 71.6 Å². The number of rotatable bonds is 13. The molecule has 116 valence electrons. The van der Waals surface area contributed by atoms with Gasteiger partial charge in [-0.15, -0.1) is 0 Å². The molecule has 0 amide bonds. The van der Waals surface area contributed by atoms with Crippen LogP contribution < -0.4 is 5.32 Å². The van der Waals surface area contributed by atoms with Gasteiger partial charge >= 0.3 is 0 Å². The molecule has 0 saturated carbocycles. The van der Waals surface area contributed by atoms with Crippen molar-refractivity contribution in [1.29, 1.82) is 0 Å². The summed E-state index contributed by atoms with van der Waals surface area (Å²) in [5, 5.41) is 8.10. The van der Waals surface area contributed by atoms with E-state index in [2.05, 4.69) is 36.0 Å². The van der Waals surface area contributed by atoms with Gasteiger partial charge in [-0.05, 0) is 35.4 Å². The van der Waals surface area contributed by atoms with Crippen molar-refractivity contribution in [2.45, 2.75) is 84.1 Å². The second-order valence-electron chi connectivity index (χ2n) is 5.78. The topological polar surface area (TPSA) is 12.0 Å². The molecule has 0 spiro atoms. The lowest BCUT2D eigenvalue weighted by Crippen LogP contribution is -2.20. The molecule has 0 aliphatic carbocycles. The third-order valence-corrected chi connectivity index (χ3v) is 4.69. The van der Waals surface area contributed by atoms with Gasteiger partial charge in [0.05, 0.1) is 0 Å². The smallest absolute Gasteiger partial charge is 0.0328 e. The maximum absolute atomic E-state index is 3.62. The lowest BCUT2D eigenvalue weighted by molar-refractivity contribution is 0.475. The first-order valence-corrected chi connectivity index (χ1v) is 9.58. The van der Waals surface area contributed by atoms with Crippen LogP contribution in [0.2, 0.25) is 0 Å². The number of hydrogen-bond donors (Lipinski definition) is 1. The zero-order chi connectivity index (χ0) is 14.5. The van der Waals surface area contributed by atoms with Crippen molar-refractivity contribution in [3.8, 4) is 0 Å². The van der Waals surface area contributed by atoms with E-state index in [1.165, 1.54) is 69.8 Å². The molecule has 0 radical (unpaired) electrons. The van der Waals surface area contributed by atoms with Crippen molar-refractivity contribution >= 4 is 11.3 Å². The Morgan fingerprint density at radius 1 is 0.950 bits per heavy atom. The van der Waals surface area contributed by atoms with Gasteiger partial charge in [-0.2, -0.15) is 11.3 Å². The molecule has 0 aliphatic heterocycles. The molecule has 1 heterocycles. The van der Waals surface area contributed by atoms with Crippen LogP contribution in [-0.4, -0.2) is 6.54 Å². The van der Waals surface area contributed by atoms with Crippen LogP contribution in [0.1, 0.15) is 89.7 Å². The molecule has 0 bridgehead atoms. The number of thiophene rings is 1. The standard InChI is InChI=1S/C18H33NS/c1-3-5-6-7-8-9-10-11-12-13-18(19-4-2)17-14-15-20-16-17/h14-16,18-19H,3-13H2,1-2H3. The van der Waals surface area contributed by atoms with Crippen LogP contribution in [0, 0.1) is 0 Å². The van der Waals surface area contributed by atoms with Crippen molar-refractivity contribution in [1.82, 2.24) is 5.32 Å². The van der Waals surface area contributed by atoms with E-state index in [0.717, 1.165) is 6.54 Å². The SMILES string of the molecule is CCCCCCCCCCCC(NCC)c1ccsc1. The monoisotopic (exact) mass is 295 g/mol. The molecular formula is C18H33NS. The summed E-state index contributed by atoms with van der Waals surface area (Å²) in [5.41, 5.74) is 1.48. The van der Waals surface area contributed by atoms with Crippen LogP contribution in [-0.2, 0) is 0 Å². The molecule has 1 rings (SSSR count). The highest BCUT2D eigenvalue weighted by molar-refractivity contribution is 7.07. The molecule has 1 atom stereocenters. The summed E-state index contributed by atoms with van der Waals surface area (Å²) >= 11 is 1.81. The fraction of sp³-hybridized carbons (Fsp3) is 0.778. The summed E-state index contributed by atoms with van der Waals surface area (Å²) in [6.07, 6.45) is 14.0. The molecule has 0 aliphatic rings. The average molecular weight is 296 g/mol. The highest BCUT2D eigenvalue weighted by Gasteiger charge is 2.09. The Hall–Kier alpha value is -0.340. The Bertz CT molecular complexity index is 294. The first-order valence-electron chi connectivity index (χ1n) is 8.64. The van der Waals surface area contributed by atoms with Crippen molar-refractivity contribution in [2.75, 3.05) is 6.54 Å². The fourth-order valence-electron chi connectivity index (χ4n) is 2.77. The Morgan fingerprint density at radius 2 is 1.60 bits per heavy atom. The van der Waals surface area contributed by atoms with Crippen LogP contribution in [0.4, 0.5) is 0 Å². The normalized spacial score (nSPS) is 12.7. The second-order valence-corrected chi connectivity index (χ2v) is 6.56. The molecule has 20 heavy (non-hydrogen) atoms. The lowest BCUT2D eigenvalue weighted by atomic mass is 10.0. The van der Waals surface area contributed by atoms with Crippen LogP contribution in [0.15, 0.2) is 16.8 Å². The minimum Gasteiger partial charge on any atom is -0.310 e. The molecule has 1 unspecified atom stereocenters. The average Bonchev–Trinajstić information content (AvgIpc) is 2.98. The first kappa shape index (κ1) is 17.7. The van der Waals surface area contributed by atoms with E-state index in [0.29, 0.717) is 6.04 Å². The molecule has 1 nitrogen and oxygen atoms in total. The second kappa shape index (κ2) is 12.4. The van der Waals surface area contributed by atoms with Crippen LogP contribution in [0.25, 0.3) is 0 Å². The van der Waals surface area contributed by atoms with E-state index in [9.17, 15) is 0 Å². The predicted molar refractivity (Wildman–Crippen MR) is 92.6 cm³/mol. The summed E-state index contributed by atoms with van der Waals surface area (Å²) < 4.78 is 0. The van der Waals surface area contributed by atoms with Gasteiger partial charge in [0.1, 0.15) is 0 Å². The molecular weight excluding hydrogens is 262 g/mol. The van der Waals surface area contributed by atoms with E-state index in [-0.39, 0.29) is 0 Å². The molecule has 1 aromatic heterocycles. The van der Waals surface area contributed by atoms with Gasteiger partial charge in [-0.25, -0.2) is 0 Å². The van der Waals surface area contributed by atoms with E-state index in [4.69, 9.17) is 0 Å². The van der Waals surface area contributed by atoms with E-state index < -0.39 is 0 Å². The summed E-state index contributed by atoms with van der Waals surface area (Å²) in [7, 11) is 0. The summed E-state index contributed by atoms with van der Waals surface area (Å²) in [5.74, 6) is 0. The van der Waals surface area contributed by atoms with Gasteiger partial charge < -0.3 is 5.32 Å². The molecule has 0 fully saturated rings. The van der Waals surface area contributed by atoms with Gasteiger partial charge in [0.2, 0.25) is 0 Å². The van der Waals surface area contributed by atoms with E-state index in [1.807, 2.05) is 11.3 Å². The third kappa shape index (κ3) is 8.06. The Balaban J connectivity index is 2.01. The van der Waals surface area contributed by atoms with E-state index >= 15 is 0 Å².